The van der Waals surface area contributed by atoms with E-state index in [2.05, 4.69) is 50.4 Å². The molecule has 21 heavy (non-hydrogen) atoms. The SMILES string of the molecule is Brc1ccc(-c2nnc(SCCc3ccccc3)o2)cc1. The quantitative estimate of drug-likeness (QED) is 0.610. The van der Waals surface area contributed by atoms with Crippen LogP contribution in [-0.2, 0) is 6.42 Å². The molecular weight excluding hydrogens is 348 g/mol. The molecule has 0 fully saturated rings. The van der Waals surface area contributed by atoms with Crippen molar-refractivity contribution in [2.75, 3.05) is 5.75 Å². The van der Waals surface area contributed by atoms with Crippen molar-refractivity contribution >= 4 is 27.7 Å². The molecule has 1 aromatic heterocycles. The molecule has 0 amide bonds. The summed E-state index contributed by atoms with van der Waals surface area (Å²) in [5, 5.41) is 8.78. The number of aryl methyl sites for hydroxylation is 1. The van der Waals surface area contributed by atoms with E-state index in [0.29, 0.717) is 11.1 Å². The van der Waals surface area contributed by atoms with E-state index in [9.17, 15) is 0 Å². The Balaban J connectivity index is 1.59. The van der Waals surface area contributed by atoms with E-state index in [0.717, 1.165) is 22.2 Å². The minimum absolute atomic E-state index is 0.560. The Hall–Kier alpha value is -1.59. The van der Waals surface area contributed by atoms with Crippen molar-refractivity contribution < 1.29 is 4.42 Å². The average Bonchev–Trinajstić information content (AvgIpc) is 2.98. The van der Waals surface area contributed by atoms with E-state index in [1.165, 1.54) is 5.56 Å². The van der Waals surface area contributed by atoms with Gasteiger partial charge in [-0.3, -0.25) is 0 Å². The Morgan fingerprint density at radius 2 is 1.71 bits per heavy atom. The van der Waals surface area contributed by atoms with Gasteiger partial charge in [-0.25, -0.2) is 0 Å². The van der Waals surface area contributed by atoms with Gasteiger partial charge in [-0.1, -0.05) is 58.0 Å². The van der Waals surface area contributed by atoms with Gasteiger partial charge in [0.25, 0.3) is 5.22 Å². The molecule has 0 saturated carbocycles. The van der Waals surface area contributed by atoms with Crippen LogP contribution in [0.2, 0.25) is 0 Å². The molecule has 0 saturated heterocycles. The van der Waals surface area contributed by atoms with Gasteiger partial charge in [-0.15, -0.1) is 10.2 Å². The van der Waals surface area contributed by atoms with Crippen LogP contribution in [-0.4, -0.2) is 16.0 Å². The first kappa shape index (κ1) is 14.4. The molecule has 0 bridgehead atoms. The normalized spacial score (nSPS) is 10.7. The molecule has 0 unspecified atom stereocenters. The first-order chi connectivity index (χ1) is 10.3. The first-order valence-corrected chi connectivity index (χ1v) is 8.35. The lowest BCUT2D eigenvalue weighted by Crippen LogP contribution is -1.87. The molecule has 3 nitrogen and oxygen atoms in total. The van der Waals surface area contributed by atoms with Crippen molar-refractivity contribution in [2.24, 2.45) is 0 Å². The number of halogens is 1. The number of rotatable bonds is 5. The number of thioether (sulfide) groups is 1. The Morgan fingerprint density at radius 1 is 0.952 bits per heavy atom. The number of hydrogen-bond donors (Lipinski definition) is 0. The van der Waals surface area contributed by atoms with Crippen LogP contribution in [0.5, 0.6) is 0 Å². The monoisotopic (exact) mass is 360 g/mol. The molecule has 0 radical (unpaired) electrons. The largest absolute Gasteiger partial charge is 0.411 e. The van der Waals surface area contributed by atoms with E-state index in [1.54, 1.807) is 11.8 Å². The van der Waals surface area contributed by atoms with Crippen LogP contribution in [0.3, 0.4) is 0 Å². The highest BCUT2D eigenvalue weighted by molar-refractivity contribution is 9.10. The van der Waals surface area contributed by atoms with Crippen molar-refractivity contribution in [2.45, 2.75) is 11.6 Å². The Kier molecular flexibility index (Phi) is 4.72. The van der Waals surface area contributed by atoms with E-state index < -0.39 is 0 Å². The van der Waals surface area contributed by atoms with Crippen molar-refractivity contribution in [1.29, 1.82) is 0 Å². The molecule has 0 aliphatic carbocycles. The van der Waals surface area contributed by atoms with E-state index in [1.807, 2.05) is 30.3 Å². The Labute approximate surface area is 135 Å². The highest BCUT2D eigenvalue weighted by atomic mass is 79.9. The second-order valence-electron chi connectivity index (χ2n) is 4.46. The van der Waals surface area contributed by atoms with E-state index >= 15 is 0 Å². The number of nitrogens with zero attached hydrogens (tertiary/aromatic N) is 2. The van der Waals surface area contributed by atoms with Gasteiger partial charge in [-0.2, -0.15) is 0 Å². The molecule has 0 atom stereocenters. The van der Waals surface area contributed by atoms with Gasteiger partial charge in [0.15, 0.2) is 0 Å². The molecule has 0 aliphatic rings. The van der Waals surface area contributed by atoms with Crippen molar-refractivity contribution in [1.82, 2.24) is 10.2 Å². The van der Waals surface area contributed by atoms with Crippen LogP contribution in [0.15, 0.2) is 68.7 Å². The second-order valence-corrected chi connectivity index (χ2v) is 6.43. The maximum Gasteiger partial charge on any atom is 0.276 e. The van der Waals surface area contributed by atoms with Crippen LogP contribution in [0.4, 0.5) is 0 Å². The predicted molar refractivity (Wildman–Crippen MR) is 88.3 cm³/mol. The zero-order chi connectivity index (χ0) is 14.5. The van der Waals surface area contributed by atoms with Crippen LogP contribution >= 0.6 is 27.7 Å². The summed E-state index contributed by atoms with van der Waals surface area (Å²) in [4.78, 5) is 0. The van der Waals surface area contributed by atoms with Gasteiger partial charge in [-0.05, 0) is 36.2 Å². The minimum atomic E-state index is 0.560. The molecule has 3 rings (SSSR count). The van der Waals surface area contributed by atoms with Gasteiger partial charge < -0.3 is 4.42 Å². The predicted octanol–water partition coefficient (Wildman–Crippen LogP) is 4.83. The van der Waals surface area contributed by atoms with Crippen LogP contribution < -0.4 is 0 Å². The summed E-state index contributed by atoms with van der Waals surface area (Å²) in [6.45, 7) is 0. The third-order valence-corrected chi connectivity index (χ3v) is 4.31. The summed E-state index contributed by atoms with van der Waals surface area (Å²) >= 11 is 4.99. The topological polar surface area (TPSA) is 38.9 Å². The molecule has 3 aromatic rings. The highest BCUT2D eigenvalue weighted by Gasteiger charge is 2.08. The maximum absolute atomic E-state index is 5.67. The van der Waals surface area contributed by atoms with Crippen LogP contribution in [0.25, 0.3) is 11.5 Å². The minimum Gasteiger partial charge on any atom is -0.411 e. The van der Waals surface area contributed by atoms with Gasteiger partial charge in [0.2, 0.25) is 5.89 Å². The summed E-state index contributed by atoms with van der Waals surface area (Å²) in [5.74, 6) is 1.48. The lowest BCUT2D eigenvalue weighted by Gasteiger charge is -1.98. The lowest BCUT2D eigenvalue weighted by atomic mass is 10.2. The Bertz CT molecular complexity index is 698. The summed E-state index contributed by atoms with van der Waals surface area (Å²) < 4.78 is 6.70. The standard InChI is InChI=1S/C16H13BrN2OS/c17-14-8-6-13(7-9-14)15-18-19-16(20-15)21-11-10-12-4-2-1-3-5-12/h1-9H,10-11H2. The molecule has 0 N–H and O–H groups in total. The van der Waals surface area contributed by atoms with Crippen molar-refractivity contribution in [3.63, 3.8) is 0 Å². The van der Waals surface area contributed by atoms with Gasteiger partial charge >= 0.3 is 0 Å². The highest BCUT2D eigenvalue weighted by Crippen LogP contribution is 2.24. The summed E-state index contributed by atoms with van der Waals surface area (Å²) in [5.41, 5.74) is 2.25. The fraction of sp³-hybridized carbons (Fsp3) is 0.125. The molecule has 5 heteroatoms. The fourth-order valence-corrected chi connectivity index (χ4v) is 2.89. The summed E-state index contributed by atoms with van der Waals surface area (Å²) in [7, 11) is 0. The molecule has 0 aliphatic heterocycles. The first-order valence-electron chi connectivity index (χ1n) is 6.57. The van der Waals surface area contributed by atoms with E-state index in [-0.39, 0.29) is 0 Å². The number of hydrogen-bond acceptors (Lipinski definition) is 4. The van der Waals surface area contributed by atoms with Crippen molar-refractivity contribution in [3.05, 3.63) is 64.6 Å². The lowest BCUT2D eigenvalue weighted by molar-refractivity contribution is 0.466. The van der Waals surface area contributed by atoms with Crippen LogP contribution in [0.1, 0.15) is 5.56 Å². The smallest absolute Gasteiger partial charge is 0.276 e. The fourth-order valence-electron chi connectivity index (χ4n) is 1.88. The Morgan fingerprint density at radius 3 is 2.48 bits per heavy atom. The van der Waals surface area contributed by atoms with E-state index in [4.69, 9.17) is 4.42 Å². The van der Waals surface area contributed by atoms with Gasteiger partial charge in [0, 0.05) is 15.8 Å². The van der Waals surface area contributed by atoms with Gasteiger partial charge in [0.1, 0.15) is 0 Å². The molecule has 1 heterocycles. The second kappa shape index (κ2) is 6.91. The summed E-state index contributed by atoms with van der Waals surface area (Å²) in [6.07, 6.45) is 0.988. The number of benzene rings is 2. The van der Waals surface area contributed by atoms with Crippen LogP contribution in [0, 0.1) is 0 Å². The van der Waals surface area contributed by atoms with Crippen molar-refractivity contribution in [3.8, 4) is 11.5 Å². The third kappa shape index (κ3) is 3.95. The summed E-state index contributed by atoms with van der Waals surface area (Å²) in [6, 6.07) is 18.2. The zero-order valence-electron chi connectivity index (χ0n) is 11.2. The third-order valence-electron chi connectivity index (χ3n) is 2.96. The molecular formula is C16H13BrN2OS. The molecule has 2 aromatic carbocycles. The maximum atomic E-state index is 5.67. The zero-order valence-corrected chi connectivity index (χ0v) is 13.6. The average molecular weight is 361 g/mol. The molecule has 106 valence electrons. The molecule has 0 spiro atoms. The number of aromatic nitrogens is 2. The van der Waals surface area contributed by atoms with Gasteiger partial charge in [0.05, 0.1) is 0 Å².